The van der Waals surface area contributed by atoms with Gasteiger partial charge < -0.3 is 15.1 Å². The van der Waals surface area contributed by atoms with Gasteiger partial charge in [-0.25, -0.2) is 0 Å². The summed E-state index contributed by atoms with van der Waals surface area (Å²) in [6.07, 6.45) is 10.6. The highest BCUT2D eigenvalue weighted by atomic mass is 15.3. The fraction of sp³-hybridized carbons (Fsp3) is 0.944. The first-order chi connectivity index (χ1) is 10.8. The summed E-state index contributed by atoms with van der Waals surface area (Å²) in [7, 11) is 2.15. The Balaban J connectivity index is 2.14. The van der Waals surface area contributed by atoms with Gasteiger partial charge in [0.15, 0.2) is 5.96 Å². The van der Waals surface area contributed by atoms with Crippen molar-refractivity contribution in [1.29, 1.82) is 0 Å². The molecule has 4 heteroatoms. The van der Waals surface area contributed by atoms with Gasteiger partial charge in [-0.15, -0.1) is 0 Å². The van der Waals surface area contributed by atoms with E-state index in [4.69, 9.17) is 4.99 Å². The lowest BCUT2D eigenvalue weighted by molar-refractivity contribution is 0.224. The maximum atomic E-state index is 4.77. The quantitative estimate of drug-likeness (QED) is 0.381. The number of aliphatic imine (C=N–C) groups is 1. The van der Waals surface area contributed by atoms with E-state index < -0.39 is 0 Å². The van der Waals surface area contributed by atoms with Crippen LogP contribution in [-0.2, 0) is 0 Å². The van der Waals surface area contributed by atoms with E-state index in [1.54, 1.807) is 0 Å². The van der Waals surface area contributed by atoms with Crippen LogP contribution >= 0.6 is 0 Å². The van der Waals surface area contributed by atoms with Crippen molar-refractivity contribution in [3.05, 3.63) is 0 Å². The lowest BCUT2D eigenvalue weighted by Crippen LogP contribution is -2.39. The zero-order valence-electron chi connectivity index (χ0n) is 15.2. The number of piperidine rings is 1. The molecule has 0 unspecified atom stereocenters. The van der Waals surface area contributed by atoms with Crippen molar-refractivity contribution in [3.8, 4) is 0 Å². The van der Waals surface area contributed by atoms with Crippen LogP contribution in [0.5, 0.6) is 0 Å². The number of hydrogen-bond acceptors (Lipinski definition) is 2. The number of nitrogens with one attached hydrogen (secondary N) is 1. The van der Waals surface area contributed by atoms with Gasteiger partial charge in [-0.1, -0.05) is 26.2 Å². The molecule has 1 rings (SSSR count). The third-order valence-corrected chi connectivity index (χ3v) is 4.39. The van der Waals surface area contributed by atoms with Crippen LogP contribution in [0.15, 0.2) is 4.99 Å². The first-order valence-electron chi connectivity index (χ1n) is 9.49. The van der Waals surface area contributed by atoms with E-state index in [9.17, 15) is 0 Å². The van der Waals surface area contributed by atoms with E-state index >= 15 is 0 Å². The topological polar surface area (TPSA) is 30.9 Å². The van der Waals surface area contributed by atoms with Crippen LogP contribution < -0.4 is 5.32 Å². The Morgan fingerprint density at radius 1 is 1.05 bits per heavy atom. The second-order valence-electron chi connectivity index (χ2n) is 6.47. The molecule has 0 amide bonds. The van der Waals surface area contributed by atoms with Crippen LogP contribution in [0.4, 0.5) is 0 Å². The zero-order valence-corrected chi connectivity index (χ0v) is 15.2. The van der Waals surface area contributed by atoms with Crippen LogP contribution in [0.3, 0.4) is 0 Å². The minimum absolute atomic E-state index is 0.949. The van der Waals surface area contributed by atoms with Crippen molar-refractivity contribution >= 4 is 5.96 Å². The summed E-state index contributed by atoms with van der Waals surface area (Å²) in [5, 5.41) is 3.40. The molecule has 22 heavy (non-hydrogen) atoms. The highest BCUT2D eigenvalue weighted by molar-refractivity contribution is 5.79. The van der Waals surface area contributed by atoms with Gasteiger partial charge in [-0.3, -0.25) is 4.99 Å². The van der Waals surface area contributed by atoms with Crippen molar-refractivity contribution in [3.63, 3.8) is 0 Å². The minimum Gasteiger partial charge on any atom is -0.357 e. The molecule has 0 saturated carbocycles. The lowest BCUT2D eigenvalue weighted by atomic mass is 10.1. The average molecular weight is 311 g/mol. The lowest BCUT2D eigenvalue weighted by Gasteiger charge is -2.26. The third kappa shape index (κ3) is 8.62. The Bertz CT molecular complexity index is 285. The summed E-state index contributed by atoms with van der Waals surface area (Å²) in [5.74, 6) is 1.08. The van der Waals surface area contributed by atoms with Gasteiger partial charge in [0.25, 0.3) is 0 Å². The molecule has 1 aliphatic rings. The summed E-state index contributed by atoms with van der Waals surface area (Å²) in [6, 6.07) is 0. The van der Waals surface area contributed by atoms with Crippen molar-refractivity contribution < 1.29 is 0 Å². The molecule has 1 N–H and O–H groups in total. The van der Waals surface area contributed by atoms with E-state index in [-0.39, 0.29) is 0 Å². The van der Waals surface area contributed by atoms with Gasteiger partial charge in [0.05, 0.1) is 0 Å². The number of rotatable bonds is 10. The Morgan fingerprint density at radius 3 is 2.50 bits per heavy atom. The number of nitrogens with zero attached hydrogens (tertiary/aromatic N) is 3. The predicted molar refractivity (Wildman–Crippen MR) is 97.7 cm³/mol. The van der Waals surface area contributed by atoms with Crippen LogP contribution in [0.2, 0.25) is 0 Å². The molecule has 0 spiro atoms. The smallest absolute Gasteiger partial charge is 0.193 e. The minimum atomic E-state index is 0.949. The van der Waals surface area contributed by atoms with Crippen LogP contribution in [0, 0.1) is 0 Å². The molecule has 0 aromatic carbocycles. The molecule has 0 atom stereocenters. The van der Waals surface area contributed by atoms with Crippen molar-refractivity contribution in [2.75, 3.05) is 46.3 Å². The fourth-order valence-corrected chi connectivity index (χ4v) is 2.96. The maximum Gasteiger partial charge on any atom is 0.193 e. The van der Waals surface area contributed by atoms with Gasteiger partial charge >= 0.3 is 0 Å². The second kappa shape index (κ2) is 12.7. The number of guanidine groups is 1. The van der Waals surface area contributed by atoms with Gasteiger partial charge in [-0.05, 0) is 58.7 Å². The van der Waals surface area contributed by atoms with E-state index in [0.717, 1.165) is 25.6 Å². The molecule has 1 aliphatic heterocycles. The van der Waals surface area contributed by atoms with Gasteiger partial charge in [0.1, 0.15) is 0 Å². The van der Waals surface area contributed by atoms with Gasteiger partial charge in [0.2, 0.25) is 0 Å². The maximum absolute atomic E-state index is 4.77. The van der Waals surface area contributed by atoms with Crippen LogP contribution in [-0.4, -0.2) is 62.1 Å². The highest BCUT2D eigenvalue weighted by Gasteiger charge is 2.08. The van der Waals surface area contributed by atoms with E-state index in [1.165, 1.54) is 71.0 Å². The molecule has 0 aliphatic carbocycles. The van der Waals surface area contributed by atoms with E-state index in [0.29, 0.717) is 0 Å². The Kier molecular flexibility index (Phi) is 11.2. The molecule has 130 valence electrons. The zero-order chi connectivity index (χ0) is 16.0. The Hall–Kier alpha value is -0.770. The summed E-state index contributed by atoms with van der Waals surface area (Å²) in [6.45, 7) is 11.3. The van der Waals surface area contributed by atoms with E-state index in [1.807, 2.05) is 0 Å². The molecule has 0 aromatic rings. The van der Waals surface area contributed by atoms with Crippen molar-refractivity contribution in [2.45, 2.75) is 65.2 Å². The molecule has 0 aromatic heterocycles. The SMILES string of the molecule is CCCCN(C)C(=NCCCCCN1CCCCC1)NCC. The molecule has 0 radical (unpaired) electrons. The summed E-state index contributed by atoms with van der Waals surface area (Å²) in [5.41, 5.74) is 0. The van der Waals surface area contributed by atoms with Gasteiger partial charge in [0, 0.05) is 26.7 Å². The predicted octanol–water partition coefficient (Wildman–Crippen LogP) is 3.34. The normalized spacial score (nSPS) is 16.8. The number of unbranched alkanes of at least 4 members (excludes halogenated alkanes) is 3. The third-order valence-electron chi connectivity index (χ3n) is 4.39. The summed E-state index contributed by atoms with van der Waals surface area (Å²) >= 11 is 0. The van der Waals surface area contributed by atoms with Crippen LogP contribution in [0.1, 0.15) is 65.2 Å². The van der Waals surface area contributed by atoms with E-state index in [2.05, 4.69) is 36.0 Å². The number of likely N-dealkylation sites (tertiary alicyclic amines) is 1. The molecular formula is C18H38N4. The molecule has 1 saturated heterocycles. The van der Waals surface area contributed by atoms with Crippen LogP contribution in [0.25, 0.3) is 0 Å². The highest BCUT2D eigenvalue weighted by Crippen LogP contribution is 2.09. The first-order valence-corrected chi connectivity index (χ1v) is 9.49. The molecule has 1 heterocycles. The fourth-order valence-electron chi connectivity index (χ4n) is 2.96. The molecular weight excluding hydrogens is 272 g/mol. The number of hydrogen-bond donors (Lipinski definition) is 1. The monoisotopic (exact) mass is 310 g/mol. The molecule has 1 fully saturated rings. The van der Waals surface area contributed by atoms with Crippen molar-refractivity contribution in [1.82, 2.24) is 15.1 Å². The van der Waals surface area contributed by atoms with Gasteiger partial charge in [-0.2, -0.15) is 0 Å². The Labute approximate surface area is 138 Å². The standard InChI is InChI=1S/C18H38N4/c1-4-6-14-21(3)18(19-5-2)20-13-9-7-10-15-22-16-11-8-12-17-22/h4-17H2,1-3H3,(H,19,20). The summed E-state index contributed by atoms with van der Waals surface area (Å²) in [4.78, 5) is 9.67. The second-order valence-corrected chi connectivity index (χ2v) is 6.47. The summed E-state index contributed by atoms with van der Waals surface area (Å²) < 4.78 is 0. The first kappa shape index (κ1) is 19.3. The largest absolute Gasteiger partial charge is 0.357 e. The van der Waals surface area contributed by atoms with Crippen molar-refractivity contribution in [2.24, 2.45) is 4.99 Å². The average Bonchev–Trinajstić information content (AvgIpc) is 2.55. The Morgan fingerprint density at radius 2 is 1.82 bits per heavy atom. The molecule has 0 bridgehead atoms. The molecule has 4 nitrogen and oxygen atoms in total.